The first kappa shape index (κ1) is 20.8. The number of carbonyl (C=O) groups is 2. The zero-order valence-electron chi connectivity index (χ0n) is 16.5. The lowest BCUT2D eigenvalue weighted by Crippen LogP contribution is -2.30. The summed E-state index contributed by atoms with van der Waals surface area (Å²) in [4.78, 5) is 24.1. The number of hydrogen-bond acceptors (Lipinski definition) is 4. The molecule has 0 spiro atoms. The van der Waals surface area contributed by atoms with E-state index in [-0.39, 0.29) is 18.4 Å². The molecule has 1 N–H and O–H groups in total. The van der Waals surface area contributed by atoms with Crippen molar-refractivity contribution in [2.24, 2.45) is 0 Å². The highest BCUT2D eigenvalue weighted by molar-refractivity contribution is 5.91. The van der Waals surface area contributed by atoms with E-state index in [0.717, 1.165) is 6.42 Å². The van der Waals surface area contributed by atoms with E-state index in [9.17, 15) is 9.59 Å². The van der Waals surface area contributed by atoms with Gasteiger partial charge in [-0.05, 0) is 41.8 Å². The third kappa shape index (κ3) is 5.79. The molecule has 5 nitrogen and oxygen atoms in total. The number of benzene rings is 3. The van der Waals surface area contributed by atoms with Crippen LogP contribution in [-0.2, 0) is 9.53 Å². The minimum atomic E-state index is -0.596. The van der Waals surface area contributed by atoms with Gasteiger partial charge in [0.15, 0.2) is 6.61 Å². The number of amides is 1. The second kappa shape index (κ2) is 10.6. The molecule has 0 aromatic heterocycles. The zero-order valence-corrected chi connectivity index (χ0v) is 16.5. The lowest BCUT2D eigenvalue weighted by molar-refractivity contribution is -0.124. The number of rotatable bonds is 8. The third-order valence-corrected chi connectivity index (χ3v) is 4.74. The molecule has 30 heavy (non-hydrogen) atoms. The minimum Gasteiger partial charge on any atom is -0.452 e. The monoisotopic (exact) mass is 398 g/mol. The fraction of sp³-hybridized carbons (Fsp3) is 0.160. The summed E-state index contributed by atoms with van der Waals surface area (Å²) in [7, 11) is 0. The molecule has 0 bridgehead atoms. The third-order valence-electron chi connectivity index (χ3n) is 4.74. The molecular formula is C25H22N2O3. The largest absolute Gasteiger partial charge is 0.452 e. The van der Waals surface area contributed by atoms with Crippen molar-refractivity contribution < 1.29 is 14.3 Å². The molecule has 1 amide bonds. The number of hydrogen-bond donors (Lipinski definition) is 1. The molecular weight excluding hydrogens is 376 g/mol. The van der Waals surface area contributed by atoms with Gasteiger partial charge in [-0.3, -0.25) is 4.79 Å². The average Bonchev–Trinajstić information content (AvgIpc) is 2.81. The Labute approximate surface area is 175 Å². The van der Waals surface area contributed by atoms with E-state index in [1.54, 1.807) is 0 Å². The van der Waals surface area contributed by atoms with E-state index in [1.165, 1.54) is 35.4 Å². The molecule has 0 aliphatic rings. The van der Waals surface area contributed by atoms with Gasteiger partial charge in [-0.15, -0.1) is 0 Å². The van der Waals surface area contributed by atoms with Crippen molar-refractivity contribution >= 4 is 11.9 Å². The van der Waals surface area contributed by atoms with Crippen LogP contribution in [0.15, 0.2) is 84.9 Å². The SMILES string of the molecule is N#Cc1ccc(C(=O)OCC(=O)NCCC(c2ccccc2)c2ccccc2)cc1. The van der Waals surface area contributed by atoms with E-state index in [4.69, 9.17) is 10.00 Å². The highest BCUT2D eigenvalue weighted by Crippen LogP contribution is 2.27. The quantitative estimate of drug-likeness (QED) is 0.581. The Kier molecular flexibility index (Phi) is 7.34. The predicted octanol–water partition coefficient (Wildman–Crippen LogP) is 4.05. The van der Waals surface area contributed by atoms with Crippen LogP contribution in [0.2, 0.25) is 0 Å². The maximum atomic E-state index is 12.1. The maximum absolute atomic E-state index is 12.1. The van der Waals surface area contributed by atoms with Crippen LogP contribution in [0.3, 0.4) is 0 Å². The Hall–Kier alpha value is -3.91. The lowest BCUT2D eigenvalue weighted by Gasteiger charge is -2.18. The van der Waals surface area contributed by atoms with E-state index >= 15 is 0 Å². The average molecular weight is 398 g/mol. The highest BCUT2D eigenvalue weighted by Gasteiger charge is 2.15. The summed E-state index contributed by atoms with van der Waals surface area (Å²) < 4.78 is 5.06. The second-order valence-corrected chi connectivity index (χ2v) is 6.78. The maximum Gasteiger partial charge on any atom is 0.338 e. The number of esters is 1. The van der Waals surface area contributed by atoms with E-state index in [2.05, 4.69) is 29.6 Å². The molecule has 0 unspecified atom stereocenters. The number of nitrogens with one attached hydrogen (secondary N) is 1. The van der Waals surface area contributed by atoms with E-state index in [0.29, 0.717) is 17.7 Å². The highest BCUT2D eigenvalue weighted by atomic mass is 16.5. The van der Waals surface area contributed by atoms with Crippen LogP contribution in [0.1, 0.15) is 39.4 Å². The van der Waals surface area contributed by atoms with Gasteiger partial charge in [0, 0.05) is 12.5 Å². The van der Waals surface area contributed by atoms with Crippen molar-refractivity contribution in [1.29, 1.82) is 5.26 Å². The van der Waals surface area contributed by atoms with Crippen LogP contribution in [0, 0.1) is 11.3 Å². The molecule has 0 saturated carbocycles. The Balaban J connectivity index is 1.50. The van der Waals surface area contributed by atoms with E-state index in [1.807, 2.05) is 42.5 Å². The Morgan fingerprint density at radius 2 is 1.43 bits per heavy atom. The summed E-state index contributed by atoms with van der Waals surface area (Å²) in [5.74, 6) is -0.785. The van der Waals surface area contributed by atoms with Gasteiger partial charge in [-0.25, -0.2) is 4.79 Å². The van der Waals surface area contributed by atoms with E-state index < -0.39 is 5.97 Å². The topological polar surface area (TPSA) is 79.2 Å². The molecule has 150 valence electrons. The Morgan fingerprint density at radius 3 is 1.97 bits per heavy atom. The smallest absolute Gasteiger partial charge is 0.338 e. The van der Waals surface area contributed by atoms with Crippen LogP contribution >= 0.6 is 0 Å². The summed E-state index contributed by atoms with van der Waals surface area (Å²) in [6.45, 7) is 0.113. The van der Waals surface area contributed by atoms with Crippen molar-refractivity contribution in [3.63, 3.8) is 0 Å². The molecule has 5 heteroatoms. The van der Waals surface area contributed by atoms with Crippen molar-refractivity contribution in [2.75, 3.05) is 13.2 Å². The molecule has 0 aliphatic heterocycles. The summed E-state index contributed by atoms with van der Waals surface area (Å²) in [6, 6.07) is 28.4. The molecule has 0 saturated heterocycles. The predicted molar refractivity (Wildman–Crippen MR) is 114 cm³/mol. The fourth-order valence-electron chi connectivity index (χ4n) is 3.20. The number of carbonyl (C=O) groups excluding carboxylic acids is 2. The van der Waals surface area contributed by atoms with Crippen LogP contribution < -0.4 is 5.32 Å². The number of nitriles is 1. The normalized spacial score (nSPS) is 10.3. The van der Waals surface area contributed by atoms with Gasteiger partial charge in [0.1, 0.15) is 0 Å². The van der Waals surface area contributed by atoms with Crippen molar-refractivity contribution in [2.45, 2.75) is 12.3 Å². The van der Waals surface area contributed by atoms with Gasteiger partial charge < -0.3 is 10.1 Å². The van der Waals surface area contributed by atoms with Crippen molar-refractivity contribution in [1.82, 2.24) is 5.32 Å². The Morgan fingerprint density at radius 1 is 0.867 bits per heavy atom. The molecule has 0 aliphatic carbocycles. The molecule has 0 fully saturated rings. The summed E-state index contributed by atoms with van der Waals surface area (Å²) in [5, 5.41) is 11.6. The molecule has 3 aromatic carbocycles. The number of nitrogens with zero attached hydrogens (tertiary/aromatic N) is 1. The van der Waals surface area contributed by atoms with Crippen molar-refractivity contribution in [3.8, 4) is 6.07 Å². The summed E-state index contributed by atoms with van der Waals surface area (Å²) >= 11 is 0. The van der Waals surface area contributed by atoms with Crippen molar-refractivity contribution in [3.05, 3.63) is 107 Å². The first-order valence-corrected chi connectivity index (χ1v) is 9.71. The minimum absolute atomic E-state index is 0.161. The molecule has 3 aromatic rings. The van der Waals surface area contributed by atoms with Gasteiger partial charge >= 0.3 is 5.97 Å². The van der Waals surface area contributed by atoms with Crippen LogP contribution in [-0.4, -0.2) is 25.0 Å². The zero-order chi connectivity index (χ0) is 21.2. The first-order valence-electron chi connectivity index (χ1n) is 9.71. The van der Waals surface area contributed by atoms with Crippen LogP contribution in [0.25, 0.3) is 0 Å². The number of ether oxygens (including phenoxy) is 1. The molecule has 0 atom stereocenters. The second-order valence-electron chi connectivity index (χ2n) is 6.78. The van der Waals surface area contributed by atoms with Gasteiger partial charge in [0.2, 0.25) is 0 Å². The van der Waals surface area contributed by atoms with Gasteiger partial charge in [0.05, 0.1) is 17.2 Å². The van der Waals surface area contributed by atoms with Crippen LogP contribution in [0.4, 0.5) is 0 Å². The molecule has 3 rings (SSSR count). The standard InChI is InChI=1S/C25H22N2O3/c26-17-19-11-13-22(14-12-19)25(29)30-18-24(28)27-16-15-23(20-7-3-1-4-8-20)21-9-5-2-6-10-21/h1-14,23H,15-16,18H2,(H,27,28). The Bertz CT molecular complexity index is 970. The summed E-state index contributed by atoms with van der Waals surface area (Å²) in [5.41, 5.74) is 3.13. The van der Waals surface area contributed by atoms with Gasteiger partial charge in [-0.2, -0.15) is 5.26 Å². The van der Waals surface area contributed by atoms with Gasteiger partial charge in [-0.1, -0.05) is 60.7 Å². The summed E-state index contributed by atoms with van der Waals surface area (Å²) in [6.07, 6.45) is 0.726. The molecule has 0 heterocycles. The lowest BCUT2D eigenvalue weighted by atomic mass is 9.88. The molecule has 0 radical (unpaired) electrons. The van der Waals surface area contributed by atoms with Gasteiger partial charge in [0.25, 0.3) is 5.91 Å². The van der Waals surface area contributed by atoms with Crippen LogP contribution in [0.5, 0.6) is 0 Å². The fourth-order valence-corrected chi connectivity index (χ4v) is 3.20. The first-order chi connectivity index (χ1) is 14.7.